The van der Waals surface area contributed by atoms with Gasteiger partial charge in [-0.25, -0.2) is 9.78 Å². The number of hydrogen-bond acceptors (Lipinski definition) is 5. The van der Waals surface area contributed by atoms with Crippen LogP contribution >= 0.6 is 0 Å². The van der Waals surface area contributed by atoms with E-state index < -0.39 is 0 Å². The Morgan fingerprint density at radius 3 is 2.00 bits per heavy atom. The van der Waals surface area contributed by atoms with Gasteiger partial charge in [-0.05, 0) is 23.3 Å². The van der Waals surface area contributed by atoms with Crippen molar-refractivity contribution in [2.45, 2.75) is 6.04 Å². The average Bonchev–Trinajstić information content (AvgIpc) is 2.82. The Balaban J connectivity index is 1.32. The van der Waals surface area contributed by atoms with Crippen molar-refractivity contribution in [3.8, 4) is 0 Å². The number of carbonyl (C=O) groups is 1. The van der Waals surface area contributed by atoms with Crippen LogP contribution in [0.3, 0.4) is 0 Å². The number of pyridine rings is 1. The SMILES string of the molecule is O=C(OCCN1CCN(C(c2ccccc2)c2ccccc2)CC1)c1ccccn1. The molecule has 1 saturated heterocycles. The predicted molar refractivity (Wildman–Crippen MR) is 117 cm³/mol. The summed E-state index contributed by atoms with van der Waals surface area (Å²) in [7, 11) is 0. The largest absolute Gasteiger partial charge is 0.460 e. The zero-order valence-electron chi connectivity index (χ0n) is 17.1. The van der Waals surface area contributed by atoms with Crippen LogP contribution in [-0.2, 0) is 4.74 Å². The lowest BCUT2D eigenvalue weighted by Crippen LogP contribution is -2.48. The van der Waals surface area contributed by atoms with Crippen LogP contribution in [0.2, 0.25) is 0 Å². The minimum absolute atomic E-state index is 0.261. The molecule has 0 radical (unpaired) electrons. The maximum absolute atomic E-state index is 12.0. The highest BCUT2D eigenvalue weighted by atomic mass is 16.5. The Bertz CT molecular complexity index is 871. The Hall–Kier alpha value is -3.02. The van der Waals surface area contributed by atoms with E-state index in [1.165, 1.54) is 11.1 Å². The van der Waals surface area contributed by atoms with Gasteiger partial charge in [-0.1, -0.05) is 66.7 Å². The second-order valence-corrected chi connectivity index (χ2v) is 7.45. The van der Waals surface area contributed by atoms with Crippen LogP contribution in [0.25, 0.3) is 0 Å². The number of aromatic nitrogens is 1. The highest BCUT2D eigenvalue weighted by Gasteiger charge is 2.26. The van der Waals surface area contributed by atoms with E-state index in [9.17, 15) is 4.79 Å². The number of rotatable bonds is 7. The average molecular weight is 402 g/mol. The summed E-state index contributed by atoms with van der Waals surface area (Å²) in [6.07, 6.45) is 1.60. The quantitative estimate of drug-likeness (QED) is 0.566. The summed E-state index contributed by atoms with van der Waals surface area (Å²) >= 11 is 0. The van der Waals surface area contributed by atoms with Crippen molar-refractivity contribution in [2.24, 2.45) is 0 Å². The van der Waals surface area contributed by atoms with Crippen LogP contribution < -0.4 is 0 Å². The highest BCUT2D eigenvalue weighted by molar-refractivity contribution is 5.87. The normalized spacial score (nSPS) is 15.2. The van der Waals surface area contributed by atoms with E-state index in [2.05, 4.69) is 75.4 Å². The third-order valence-electron chi connectivity index (χ3n) is 5.52. The van der Waals surface area contributed by atoms with E-state index in [-0.39, 0.29) is 12.0 Å². The van der Waals surface area contributed by atoms with E-state index >= 15 is 0 Å². The molecule has 2 aromatic carbocycles. The van der Waals surface area contributed by atoms with Crippen molar-refractivity contribution < 1.29 is 9.53 Å². The van der Waals surface area contributed by atoms with E-state index in [0.29, 0.717) is 12.3 Å². The summed E-state index contributed by atoms with van der Waals surface area (Å²) in [5.74, 6) is -0.359. The van der Waals surface area contributed by atoms with Crippen molar-refractivity contribution in [3.63, 3.8) is 0 Å². The van der Waals surface area contributed by atoms with E-state index in [1.807, 2.05) is 0 Å². The van der Waals surface area contributed by atoms with Gasteiger partial charge >= 0.3 is 5.97 Å². The number of ether oxygens (including phenoxy) is 1. The van der Waals surface area contributed by atoms with Gasteiger partial charge in [-0.2, -0.15) is 0 Å². The first-order chi connectivity index (χ1) is 14.8. The molecule has 0 saturated carbocycles. The number of benzene rings is 2. The summed E-state index contributed by atoms with van der Waals surface area (Å²) < 4.78 is 5.39. The monoisotopic (exact) mass is 401 g/mol. The molecule has 154 valence electrons. The van der Waals surface area contributed by atoms with Gasteiger partial charge in [0.1, 0.15) is 12.3 Å². The molecule has 30 heavy (non-hydrogen) atoms. The third-order valence-corrected chi connectivity index (χ3v) is 5.52. The molecule has 0 unspecified atom stereocenters. The Morgan fingerprint density at radius 1 is 0.833 bits per heavy atom. The second kappa shape index (κ2) is 10.1. The molecular weight excluding hydrogens is 374 g/mol. The van der Waals surface area contributed by atoms with Crippen LogP contribution in [0.1, 0.15) is 27.7 Å². The van der Waals surface area contributed by atoms with Crippen LogP contribution in [0.15, 0.2) is 85.1 Å². The molecule has 0 bridgehead atoms. The molecule has 1 fully saturated rings. The van der Waals surface area contributed by atoms with Crippen LogP contribution in [0.5, 0.6) is 0 Å². The zero-order chi connectivity index (χ0) is 20.6. The van der Waals surface area contributed by atoms with Gasteiger partial charge in [0.05, 0.1) is 6.04 Å². The van der Waals surface area contributed by atoms with Gasteiger partial charge < -0.3 is 4.74 Å². The number of nitrogens with zero attached hydrogens (tertiary/aromatic N) is 3. The molecule has 0 aliphatic carbocycles. The fourth-order valence-electron chi connectivity index (χ4n) is 3.95. The molecule has 1 aromatic heterocycles. The highest BCUT2D eigenvalue weighted by Crippen LogP contribution is 2.29. The molecule has 5 heteroatoms. The molecule has 0 spiro atoms. The van der Waals surface area contributed by atoms with Crippen molar-refractivity contribution in [3.05, 3.63) is 102 Å². The first-order valence-corrected chi connectivity index (χ1v) is 10.5. The predicted octanol–water partition coefficient (Wildman–Crippen LogP) is 3.65. The molecule has 5 nitrogen and oxygen atoms in total. The summed E-state index contributed by atoms with van der Waals surface area (Å²) in [5.41, 5.74) is 3.00. The van der Waals surface area contributed by atoms with Gasteiger partial charge in [-0.3, -0.25) is 9.80 Å². The Labute approximate surface area is 177 Å². The Morgan fingerprint density at radius 2 is 1.43 bits per heavy atom. The molecular formula is C25H27N3O2. The van der Waals surface area contributed by atoms with Crippen LogP contribution in [-0.4, -0.2) is 60.1 Å². The molecule has 2 heterocycles. The molecule has 3 aromatic rings. The van der Waals surface area contributed by atoms with E-state index in [4.69, 9.17) is 4.74 Å². The fourth-order valence-corrected chi connectivity index (χ4v) is 3.95. The maximum Gasteiger partial charge on any atom is 0.356 e. The van der Waals surface area contributed by atoms with Crippen molar-refractivity contribution >= 4 is 5.97 Å². The summed E-state index contributed by atoms with van der Waals surface area (Å²) in [5, 5.41) is 0. The first kappa shape index (κ1) is 20.3. The van der Waals surface area contributed by atoms with Crippen molar-refractivity contribution in [1.82, 2.24) is 14.8 Å². The maximum atomic E-state index is 12.0. The number of piperazine rings is 1. The van der Waals surface area contributed by atoms with Crippen LogP contribution in [0.4, 0.5) is 0 Å². The fraction of sp³-hybridized carbons (Fsp3) is 0.280. The van der Waals surface area contributed by atoms with Gasteiger partial charge in [0.2, 0.25) is 0 Å². The summed E-state index contributed by atoms with van der Waals surface area (Å²) in [4.78, 5) is 21.0. The number of hydrogen-bond donors (Lipinski definition) is 0. The molecule has 0 atom stereocenters. The molecule has 1 aliphatic rings. The second-order valence-electron chi connectivity index (χ2n) is 7.45. The van der Waals surface area contributed by atoms with Gasteiger partial charge in [0.15, 0.2) is 0 Å². The first-order valence-electron chi connectivity index (χ1n) is 10.5. The minimum atomic E-state index is -0.359. The lowest BCUT2D eigenvalue weighted by Gasteiger charge is -2.39. The molecule has 1 aliphatic heterocycles. The number of esters is 1. The standard InChI is InChI=1S/C25H27N3O2/c29-25(23-13-7-8-14-26-23)30-20-19-27-15-17-28(18-16-27)24(21-9-3-1-4-10-21)22-11-5-2-6-12-22/h1-14,24H,15-20H2. The summed E-state index contributed by atoms with van der Waals surface area (Å²) in [6, 6.07) is 26.9. The van der Waals surface area contributed by atoms with Crippen molar-refractivity contribution in [1.29, 1.82) is 0 Å². The Kier molecular flexibility index (Phi) is 6.85. The van der Waals surface area contributed by atoms with Gasteiger partial charge in [0, 0.05) is 38.9 Å². The summed E-state index contributed by atoms with van der Waals surface area (Å²) in [6.45, 7) is 4.99. The third kappa shape index (κ3) is 5.12. The lowest BCUT2D eigenvalue weighted by atomic mass is 9.96. The van der Waals surface area contributed by atoms with E-state index in [1.54, 1.807) is 24.4 Å². The van der Waals surface area contributed by atoms with Gasteiger partial charge in [0.25, 0.3) is 0 Å². The van der Waals surface area contributed by atoms with E-state index in [0.717, 1.165) is 32.7 Å². The molecule has 0 amide bonds. The zero-order valence-corrected chi connectivity index (χ0v) is 17.1. The van der Waals surface area contributed by atoms with Gasteiger partial charge in [-0.15, -0.1) is 0 Å². The molecule has 0 N–H and O–H groups in total. The minimum Gasteiger partial charge on any atom is -0.460 e. The van der Waals surface area contributed by atoms with Crippen molar-refractivity contribution in [2.75, 3.05) is 39.3 Å². The topological polar surface area (TPSA) is 45.7 Å². The molecule has 4 rings (SSSR count). The number of carbonyl (C=O) groups excluding carboxylic acids is 1. The smallest absolute Gasteiger partial charge is 0.356 e. The van der Waals surface area contributed by atoms with Crippen LogP contribution in [0, 0.1) is 0 Å². The lowest BCUT2D eigenvalue weighted by molar-refractivity contribution is 0.0401.